The van der Waals surface area contributed by atoms with Gasteiger partial charge in [-0.2, -0.15) is 0 Å². The average molecular weight is 155 g/mol. The first-order valence-electron chi connectivity index (χ1n) is 4.91. The molecule has 1 saturated carbocycles. The maximum absolute atomic E-state index is 3.30. The Morgan fingerprint density at radius 1 is 1.36 bits per heavy atom. The van der Waals surface area contributed by atoms with E-state index in [4.69, 9.17) is 0 Å². The molecule has 0 aromatic heterocycles. The molecule has 0 amide bonds. The van der Waals surface area contributed by atoms with E-state index in [2.05, 4.69) is 26.2 Å². The lowest BCUT2D eigenvalue weighted by atomic mass is 9.74. The topological polar surface area (TPSA) is 12.0 Å². The number of rotatable bonds is 4. The highest BCUT2D eigenvalue weighted by Gasteiger charge is 2.24. The molecule has 0 saturated heterocycles. The van der Waals surface area contributed by atoms with Gasteiger partial charge in [-0.15, -0.1) is 0 Å². The van der Waals surface area contributed by atoms with E-state index in [0.717, 1.165) is 11.8 Å². The fraction of sp³-hybridized carbons (Fsp3) is 1.00. The lowest BCUT2D eigenvalue weighted by molar-refractivity contribution is 0.199. The van der Waals surface area contributed by atoms with Gasteiger partial charge >= 0.3 is 0 Å². The smallest absolute Gasteiger partial charge is 0.00383 e. The van der Waals surface area contributed by atoms with Crippen LogP contribution < -0.4 is 5.32 Å². The largest absolute Gasteiger partial charge is 0.317 e. The molecule has 1 nitrogen and oxygen atoms in total. The first kappa shape index (κ1) is 9.05. The van der Waals surface area contributed by atoms with Crippen molar-refractivity contribution in [1.29, 1.82) is 0 Å². The zero-order valence-corrected chi connectivity index (χ0v) is 8.06. The molecule has 66 valence electrons. The summed E-state index contributed by atoms with van der Waals surface area (Å²) >= 11 is 0. The number of hydrogen-bond acceptors (Lipinski definition) is 1. The van der Waals surface area contributed by atoms with E-state index in [-0.39, 0.29) is 0 Å². The van der Waals surface area contributed by atoms with E-state index >= 15 is 0 Å². The molecule has 0 radical (unpaired) electrons. The molecule has 2 unspecified atom stereocenters. The molecule has 1 rings (SSSR count). The second-order valence-corrected chi connectivity index (χ2v) is 4.09. The number of nitrogens with one attached hydrogen (secondary N) is 1. The molecule has 11 heavy (non-hydrogen) atoms. The summed E-state index contributed by atoms with van der Waals surface area (Å²) in [6, 6.07) is 0.700. The fourth-order valence-electron chi connectivity index (χ4n) is 1.88. The third-order valence-electron chi connectivity index (χ3n) is 3.17. The van der Waals surface area contributed by atoms with E-state index in [9.17, 15) is 0 Å². The quantitative estimate of drug-likeness (QED) is 0.657. The van der Waals surface area contributed by atoms with Gasteiger partial charge in [0.15, 0.2) is 0 Å². The molecule has 1 fully saturated rings. The van der Waals surface area contributed by atoms with Gasteiger partial charge in [-0.25, -0.2) is 0 Å². The third kappa shape index (κ3) is 2.48. The van der Waals surface area contributed by atoms with Crippen molar-refractivity contribution in [2.45, 2.75) is 45.6 Å². The molecule has 1 aliphatic rings. The molecule has 0 aliphatic heterocycles. The van der Waals surface area contributed by atoms with E-state index < -0.39 is 0 Å². The Balaban J connectivity index is 2.13. The predicted molar refractivity (Wildman–Crippen MR) is 49.6 cm³/mol. The van der Waals surface area contributed by atoms with E-state index in [0.29, 0.717) is 6.04 Å². The molecular weight excluding hydrogens is 134 g/mol. The van der Waals surface area contributed by atoms with Gasteiger partial charge in [0.2, 0.25) is 0 Å². The molecule has 1 N–H and O–H groups in total. The van der Waals surface area contributed by atoms with E-state index in [1.54, 1.807) is 0 Å². The van der Waals surface area contributed by atoms with Crippen molar-refractivity contribution < 1.29 is 0 Å². The highest BCUT2D eigenvalue weighted by molar-refractivity contribution is 4.77. The third-order valence-corrected chi connectivity index (χ3v) is 3.17. The van der Waals surface area contributed by atoms with Crippen molar-refractivity contribution in [1.82, 2.24) is 5.32 Å². The van der Waals surface area contributed by atoms with E-state index in [1.165, 1.54) is 25.7 Å². The van der Waals surface area contributed by atoms with Crippen LogP contribution in [0.1, 0.15) is 39.5 Å². The van der Waals surface area contributed by atoms with Gasteiger partial charge in [-0.1, -0.05) is 26.2 Å². The van der Waals surface area contributed by atoms with Crippen LogP contribution in [0.5, 0.6) is 0 Å². The second kappa shape index (κ2) is 4.10. The Labute approximate surface area is 70.6 Å². The second-order valence-electron chi connectivity index (χ2n) is 4.09. The minimum Gasteiger partial charge on any atom is -0.317 e. The summed E-state index contributed by atoms with van der Waals surface area (Å²) in [7, 11) is 2.05. The maximum atomic E-state index is 3.30. The Kier molecular flexibility index (Phi) is 3.38. The summed E-state index contributed by atoms with van der Waals surface area (Å²) in [5, 5.41) is 3.30. The molecule has 1 heteroatoms. The molecule has 0 spiro atoms. The average Bonchev–Trinajstić information content (AvgIpc) is 1.83. The fourth-order valence-corrected chi connectivity index (χ4v) is 1.88. The Hall–Kier alpha value is -0.0400. The van der Waals surface area contributed by atoms with Crippen LogP contribution in [0.4, 0.5) is 0 Å². The van der Waals surface area contributed by atoms with Gasteiger partial charge in [0.05, 0.1) is 0 Å². The molecule has 1 aliphatic carbocycles. The van der Waals surface area contributed by atoms with Crippen molar-refractivity contribution in [2.24, 2.45) is 11.8 Å². The first-order valence-corrected chi connectivity index (χ1v) is 4.91. The van der Waals surface area contributed by atoms with Crippen molar-refractivity contribution in [3.05, 3.63) is 0 Å². The van der Waals surface area contributed by atoms with Gasteiger partial charge in [-0.05, 0) is 32.2 Å². The van der Waals surface area contributed by atoms with Crippen molar-refractivity contribution in [3.8, 4) is 0 Å². The number of hydrogen-bond donors (Lipinski definition) is 1. The van der Waals surface area contributed by atoms with Crippen molar-refractivity contribution in [2.75, 3.05) is 7.05 Å². The van der Waals surface area contributed by atoms with Crippen molar-refractivity contribution in [3.63, 3.8) is 0 Å². The van der Waals surface area contributed by atoms with Gasteiger partial charge in [0.25, 0.3) is 0 Å². The SMILES string of the molecule is CNC(C)CC(C)C1CCC1. The Morgan fingerprint density at radius 3 is 2.36 bits per heavy atom. The van der Waals surface area contributed by atoms with Crippen LogP contribution in [0.15, 0.2) is 0 Å². The monoisotopic (exact) mass is 155 g/mol. The molecule has 0 heterocycles. The van der Waals surface area contributed by atoms with Gasteiger partial charge in [0, 0.05) is 6.04 Å². The summed E-state index contributed by atoms with van der Waals surface area (Å²) in [6.45, 7) is 4.67. The molecule has 0 aromatic rings. The zero-order valence-electron chi connectivity index (χ0n) is 8.06. The Morgan fingerprint density at radius 2 is 2.00 bits per heavy atom. The van der Waals surface area contributed by atoms with Crippen LogP contribution in [0, 0.1) is 11.8 Å². The predicted octanol–water partition coefficient (Wildman–Crippen LogP) is 2.42. The molecular formula is C10H21N. The van der Waals surface area contributed by atoms with Gasteiger partial charge in [-0.3, -0.25) is 0 Å². The van der Waals surface area contributed by atoms with E-state index in [1.807, 2.05) is 0 Å². The first-order chi connectivity index (χ1) is 5.24. The van der Waals surface area contributed by atoms with Crippen molar-refractivity contribution >= 4 is 0 Å². The summed E-state index contributed by atoms with van der Waals surface area (Å²) in [6.07, 6.45) is 5.79. The van der Waals surface area contributed by atoms with Crippen LogP contribution in [0.2, 0.25) is 0 Å². The summed E-state index contributed by atoms with van der Waals surface area (Å²) in [5.74, 6) is 1.98. The molecule has 0 aromatic carbocycles. The normalized spacial score (nSPS) is 24.3. The van der Waals surface area contributed by atoms with Crippen LogP contribution >= 0.6 is 0 Å². The molecule has 0 bridgehead atoms. The summed E-state index contributed by atoms with van der Waals surface area (Å²) in [4.78, 5) is 0. The molecule has 2 atom stereocenters. The highest BCUT2D eigenvalue weighted by Crippen LogP contribution is 2.35. The standard InChI is InChI=1S/C10H21N/c1-8(7-9(2)11-3)10-5-4-6-10/h8-11H,4-7H2,1-3H3. The lowest BCUT2D eigenvalue weighted by Crippen LogP contribution is -2.28. The summed E-state index contributed by atoms with van der Waals surface area (Å²) in [5.41, 5.74) is 0. The highest BCUT2D eigenvalue weighted by atomic mass is 14.8. The minimum atomic E-state index is 0.700. The van der Waals surface area contributed by atoms with Crippen LogP contribution in [0.25, 0.3) is 0 Å². The summed E-state index contributed by atoms with van der Waals surface area (Å²) < 4.78 is 0. The lowest BCUT2D eigenvalue weighted by Gasteiger charge is -2.32. The minimum absolute atomic E-state index is 0.700. The Bertz CT molecular complexity index is 107. The van der Waals surface area contributed by atoms with Crippen LogP contribution in [0.3, 0.4) is 0 Å². The maximum Gasteiger partial charge on any atom is 0.00383 e. The van der Waals surface area contributed by atoms with Crippen LogP contribution in [-0.4, -0.2) is 13.1 Å². The van der Waals surface area contributed by atoms with Crippen LogP contribution in [-0.2, 0) is 0 Å². The van der Waals surface area contributed by atoms with Gasteiger partial charge < -0.3 is 5.32 Å². The zero-order chi connectivity index (χ0) is 8.27. The van der Waals surface area contributed by atoms with Gasteiger partial charge in [0.1, 0.15) is 0 Å².